The fourth-order valence-electron chi connectivity index (χ4n) is 1.24. The molecule has 1 rings (SSSR count). The van der Waals surface area contributed by atoms with E-state index in [0.29, 0.717) is 6.04 Å². The molecule has 1 nitrogen and oxygen atoms in total. The number of aryl methyl sites for hydroxylation is 1. The summed E-state index contributed by atoms with van der Waals surface area (Å²) in [5, 5.41) is 0. The van der Waals surface area contributed by atoms with Crippen LogP contribution in [0.15, 0.2) is 24.3 Å². The van der Waals surface area contributed by atoms with Crippen LogP contribution in [-0.4, -0.2) is 13.1 Å². The number of nitrogens with zero attached hydrogens (tertiary/aromatic N) is 1. The Hall–Kier alpha value is -0.980. The Morgan fingerprint density at radius 3 is 1.40 bits per heavy atom. The van der Waals surface area contributed by atoms with Crippen molar-refractivity contribution in [3.8, 4) is 0 Å². The lowest BCUT2D eigenvalue weighted by Crippen LogP contribution is -2.26. The monoisotopic (exact) mass is 283 g/mol. The molecule has 0 atom stereocenters. The molecule has 1 aromatic rings. The maximum atomic E-state index is 2.29. The van der Waals surface area contributed by atoms with Crippen LogP contribution in [0.5, 0.6) is 0 Å². The predicted molar refractivity (Wildman–Crippen MR) is 100 cm³/mol. The molecule has 0 fully saturated rings. The zero-order chi connectivity index (χ0) is 17.1. The third kappa shape index (κ3) is 13.5. The highest BCUT2D eigenvalue weighted by Gasteiger charge is 2.05. The van der Waals surface area contributed by atoms with Gasteiger partial charge in [0.2, 0.25) is 0 Å². The van der Waals surface area contributed by atoms with Crippen molar-refractivity contribution >= 4 is 5.69 Å². The Morgan fingerprint density at radius 2 is 1.10 bits per heavy atom. The first kappa shape index (κ1) is 27.4. The third-order valence-corrected chi connectivity index (χ3v) is 2.27. The van der Waals surface area contributed by atoms with E-state index in [1.54, 1.807) is 0 Å². The molecule has 1 aromatic carbocycles. The van der Waals surface area contributed by atoms with Gasteiger partial charge in [-0.3, -0.25) is 0 Å². The Bertz CT molecular complexity index is 254. The summed E-state index contributed by atoms with van der Waals surface area (Å²) < 4.78 is 0. The van der Waals surface area contributed by atoms with Crippen molar-refractivity contribution in [3.63, 3.8) is 0 Å². The Morgan fingerprint density at radius 1 is 0.750 bits per heavy atom. The first-order valence-electron chi connectivity index (χ1n) is 8.41. The fraction of sp³-hybridized carbons (Fsp3) is 0.684. The summed E-state index contributed by atoms with van der Waals surface area (Å²) in [6.07, 6.45) is 0. The highest BCUT2D eigenvalue weighted by atomic mass is 15.1. The molecule has 0 heterocycles. The SMILES string of the molecule is CC.CC.CC.CC.Cc1ccccc1N(C)C(C)C. The van der Waals surface area contributed by atoms with Gasteiger partial charge in [0.25, 0.3) is 0 Å². The van der Waals surface area contributed by atoms with E-state index in [9.17, 15) is 0 Å². The molecular weight excluding hydrogens is 242 g/mol. The van der Waals surface area contributed by atoms with Crippen molar-refractivity contribution in [1.29, 1.82) is 0 Å². The molecule has 20 heavy (non-hydrogen) atoms. The molecule has 0 radical (unpaired) electrons. The van der Waals surface area contributed by atoms with Crippen molar-refractivity contribution in [2.45, 2.75) is 82.2 Å². The Labute approximate surface area is 130 Å². The summed E-state index contributed by atoms with van der Waals surface area (Å²) in [5.41, 5.74) is 2.67. The third-order valence-electron chi connectivity index (χ3n) is 2.27. The highest BCUT2D eigenvalue weighted by molar-refractivity contribution is 5.52. The van der Waals surface area contributed by atoms with Crippen molar-refractivity contribution in [1.82, 2.24) is 0 Å². The van der Waals surface area contributed by atoms with E-state index in [4.69, 9.17) is 0 Å². The van der Waals surface area contributed by atoms with Gasteiger partial charge < -0.3 is 4.90 Å². The molecule has 0 spiro atoms. The van der Waals surface area contributed by atoms with Crippen LogP contribution in [0, 0.1) is 6.92 Å². The second kappa shape index (κ2) is 23.1. The van der Waals surface area contributed by atoms with Gasteiger partial charge in [0.15, 0.2) is 0 Å². The fourth-order valence-corrected chi connectivity index (χ4v) is 1.24. The van der Waals surface area contributed by atoms with Crippen molar-refractivity contribution in [2.24, 2.45) is 0 Å². The lowest BCUT2D eigenvalue weighted by Gasteiger charge is -2.25. The van der Waals surface area contributed by atoms with Gasteiger partial charge in [0, 0.05) is 18.8 Å². The van der Waals surface area contributed by atoms with Crippen LogP contribution in [-0.2, 0) is 0 Å². The zero-order valence-electron chi connectivity index (χ0n) is 16.3. The first-order chi connectivity index (χ1) is 9.63. The maximum absolute atomic E-state index is 2.29. The van der Waals surface area contributed by atoms with Crippen LogP contribution in [0.25, 0.3) is 0 Å². The Balaban J connectivity index is -0.000000138. The topological polar surface area (TPSA) is 3.24 Å². The zero-order valence-corrected chi connectivity index (χ0v) is 16.3. The quantitative estimate of drug-likeness (QED) is 0.568. The van der Waals surface area contributed by atoms with E-state index in [-0.39, 0.29) is 0 Å². The molecule has 0 aliphatic carbocycles. The largest absolute Gasteiger partial charge is 0.372 e. The lowest BCUT2D eigenvalue weighted by atomic mass is 10.1. The van der Waals surface area contributed by atoms with E-state index in [1.165, 1.54) is 11.3 Å². The van der Waals surface area contributed by atoms with Crippen LogP contribution >= 0.6 is 0 Å². The molecule has 0 amide bonds. The van der Waals surface area contributed by atoms with Gasteiger partial charge in [-0.1, -0.05) is 73.6 Å². The van der Waals surface area contributed by atoms with E-state index < -0.39 is 0 Å². The second-order valence-electron chi connectivity index (χ2n) is 3.49. The van der Waals surface area contributed by atoms with Gasteiger partial charge in [-0.2, -0.15) is 0 Å². The van der Waals surface area contributed by atoms with E-state index in [0.717, 1.165) is 0 Å². The van der Waals surface area contributed by atoms with Gasteiger partial charge in [-0.05, 0) is 32.4 Å². The molecule has 1 heteroatoms. The molecule has 0 aliphatic heterocycles. The van der Waals surface area contributed by atoms with Gasteiger partial charge in [-0.25, -0.2) is 0 Å². The minimum atomic E-state index is 0.561. The number of rotatable bonds is 2. The van der Waals surface area contributed by atoms with E-state index in [2.05, 4.69) is 57.0 Å². The minimum absolute atomic E-state index is 0.561. The molecule has 0 unspecified atom stereocenters. The second-order valence-corrected chi connectivity index (χ2v) is 3.49. The molecule has 0 aromatic heterocycles. The van der Waals surface area contributed by atoms with E-state index in [1.807, 2.05) is 55.4 Å². The van der Waals surface area contributed by atoms with Gasteiger partial charge >= 0.3 is 0 Å². The Kier molecular flexibility index (Phi) is 31.7. The molecule has 122 valence electrons. The summed E-state index contributed by atoms with van der Waals surface area (Å²) in [6, 6.07) is 9.03. The summed E-state index contributed by atoms with van der Waals surface area (Å²) >= 11 is 0. The minimum Gasteiger partial charge on any atom is -0.372 e. The van der Waals surface area contributed by atoms with Crippen molar-refractivity contribution in [2.75, 3.05) is 11.9 Å². The number of para-hydroxylation sites is 1. The maximum Gasteiger partial charge on any atom is 0.0395 e. The number of hydrogen-bond donors (Lipinski definition) is 0. The normalized spacial score (nSPS) is 7.45. The van der Waals surface area contributed by atoms with Gasteiger partial charge in [0.05, 0.1) is 0 Å². The molecule has 0 N–H and O–H groups in total. The average Bonchev–Trinajstić information content (AvgIpc) is 2.55. The summed E-state index contributed by atoms with van der Waals surface area (Å²) in [6.45, 7) is 22.5. The highest BCUT2D eigenvalue weighted by Crippen LogP contribution is 2.19. The van der Waals surface area contributed by atoms with Crippen LogP contribution in [0.3, 0.4) is 0 Å². The first-order valence-corrected chi connectivity index (χ1v) is 8.41. The van der Waals surface area contributed by atoms with Gasteiger partial charge in [-0.15, -0.1) is 0 Å². The van der Waals surface area contributed by atoms with E-state index >= 15 is 0 Å². The van der Waals surface area contributed by atoms with Crippen LogP contribution < -0.4 is 4.90 Å². The number of benzene rings is 1. The summed E-state index contributed by atoms with van der Waals surface area (Å²) in [5.74, 6) is 0. The standard InChI is InChI=1S/C11H17N.4C2H6/c1-9(2)12(4)11-8-6-5-7-10(11)3;4*1-2/h5-9H,1-4H3;4*1-2H3. The van der Waals surface area contributed by atoms with Crippen molar-refractivity contribution in [3.05, 3.63) is 29.8 Å². The molecule has 0 bridgehead atoms. The molecule has 0 aliphatic rings. The predicted octanol–water partition coefficient (Wildman–Crippen LogP) is 6.94. The number of anilines is 1. The smallest absolute Gasteiger partial charge is 0.0395 e. The van der Waals surface area contributed by atoms with Crippen molar-refractivity contribution < 1.29 is 0 Å². The molecular formula is C19H41N. The van der Waals surface area contributed by atoms with Crippen LogP contribution in [0.2, 0.25) is 0 Å². The molecule has 0 saturated heterocycles. The van der Waals surface area contributed by atoms with Gasteiger partial charge in [0.1, 0.15) is 0 Å². The average molecular weight is 284 g/mol. The van der Waals surface area contributed by atoms with Crippen LogP contribution in [0.1, 0.15) is 74.8 Å². The summed E-state index contributed by atoms with van der Waals surface area (Å²) in [7, 11) is 2.13. The summed E-state index contributed by atoms with van der Waals surface area (Å²) in [4.78, 5) is 2.29. The lowest BCUT2D eigenvalue weighted by molar-refractivity contribution is 0.752. The molecule has 0 saturated carbocycles. The van der Waals surface area contributed by atoms with Crippen LogP contribution in [0.4, 0.5) is 5.69 Å². The number of hydrogen-bond acceptors (Lipinski definition) is 1.